The van der Waals surface area contributed by atoms with E-state index in [9.17, 15) is 18.0 Å². The minimum Gasteiger partial charge on any atom is -0.459 e. The fourth-order valence-electron chi connectivity index (χ4n) is 1.45. The molecule has 0 bridgehead atoms. The molecule has 7 heteroatoms. The lowest BCUT2D eigenvalue weighted by atomic mass is 10.2. The Hall–Kier alpha value is -1.95. The molecule has 0 unspecified atom stereocenters. The number of hydrogen-bond acceptors (Lipinski definition) is 2. The Morgan fingerprint density at radius 3 is 2.53 bits per heavy atom. The second-order valence-corrected chi connectivity index (χ2v) is 4.00. The Morgan fingerprint density at radius 1 is 1.21 bits per heavy atom. The summed E-state index contributed by atoms with van der Waals surface area (Å²) in [5, 5.41) is 2.48. The smallest absolute Gasteiger partial charge is 0.420 e. The molecule has 0 spiro atoms. The molecule has 0 atom stereocenters. The van der Waals surface area contributed by atoms with Crippen LogP contribution in [0.4, 0.5) is 18.9 Å². The molecule has 1 aromatic heterocycles. The van der Waals surface area contributed by atoms with Gasteiger partial charge >= 0.3 is 6.18 Å². The van der Waals surface area contributed by atoms with E-state index in [1.807, 2.05) is 0 Å². The van der Waals surface area contributed by atoms with Crippen molar-refractivity contribution in [3.8, 4) is 0 Å². The highest BCUT2D eigenvalue weighted by Crippen LogP contribution is 2.33. The molecule has 0 aliphatic rings. The van der Waals surface area contributed by atoms with Crippen LogP contribution in [0.1, 0.15) is 16.1 Å². The number of halogens is 4. The van der Waals surface area contributed by atoms with Crippen molar-refractivity contribution in [2.24, 2.45) is 0 Å². The molecule has 0 aliphatic heterocycles. The highest BCUT2D eigenvalue weighted by molar-refractivity contribution is 6.33. The first kappa shape index (κ1) is 13.5. The van der Waals surface area contributed by atoms with Crippen molar-refractivity contribution in [3.05, 3.63) is 52.9 Å². The van der Waals surface area contributed by atoms with Gasteiger partial charge in [-0.3, -0.25) is 4.79 Å². The summed E-state index contributed by atoms with van der Waals surface area (Å²) in [7, 11) is 0. The summed E-state index contributed by atoms with van der Waals surface area (Å²) < 4.78 is 42.4. The van der Waals surface area contributed by atoms with Crippen LogP contribution in [-0.2, 0) is 6.18 Å². The van der Waals surface area contributed by atoms with Gasteiger partial charge in [0.1, 0.15) is 5.56 Å². The number of benzene rings is 1. The maximum Gasteiger partial charge on any atom is 0.420 e. The van der Waals surface area contributed by atoms with Gasteiger partial charge in [0.05, 0.1) is 17.0 Å². The minimum absolute atomic E-state index is 0.207. The van der Waals surface area contributed by atoms with E-state index in [1.54, 1.807) is 12.1 Å². The van der Waals surface area contributed by atoms with E-state index in [0.717, 1.165) is 6.26 Å². The lowest BCUT2D eigenvalue weighted by molar-refractivity contribution is -0.138. The lowest BCUT2D eigenvalue weighted by Gasteiger charge is -2.08. The monoisotopic (exact) mass is 289 g/mol. The van der Waals surface area contributed by atoms with E-state index >= 15 is 0 Å². The maximum absolute atomic E-state index is 12.6. The molecule has 1 amide bonds. The van der Waals surface area contributed by atoms with E-state index in [0.29, 0.717) is 6.07 Å². The predicted molar refractivity (Wildman–Crippen MR) is 63.1 cm³/mol. The Balaban J connectivity index is 2.27. The van der Waals surface area contributed by atoms with Crippen LogP contribution in [-0.4, -0.2) is 5.91 Å². The third-order valence-corrected chi connectivity index (χ3v) is 2.63. The van der Waals surface area contributed by atoms with Crippen LogP contribution in [0.25, 0.3) is 0 Å². The Kier molecular flexibility index (Phi) is 3.53. The van der Waals surface area contributed by atoms with Crippen LogP contribution in [0.3, 0.4) is 0 Å². The average Bonchev–Trinajstić information content (AvgIpc) is 2.81. The van der Waals surface area contributed by atoms with Gasteiger partial charge in [0.15, 0.2) is 0 Å². The van der Waals surface area contributed by atoms with Gasteiger partial charge in [-0.15, -0.1) is 0 Å². The van der Waals surface area contributed by atoms with Crippen LogP contribution < -0.4 is 5.32 Å². The number of para-hydroxylation sites is 1. The SMILES string of the molecule is O=C(Nc1ccccc1Cl)c1occc1C(F)(F)F. The fraction of sp³-hybridized carbons (Fsp3) is 0.0833. The number of rotatable bonds is 2. The number of furan rings is 1. The number of nitrogens with one attached hydrogen (secondary N) is 1. The number of carbonyl (C=O) groups is 1. The molecular formula is C12H7ClF3NO2. The zero-order valence-electron chi connectivity index (χ0n) is 9.29. The van der Waals surface area contributed by atoms with Gasteiger partial charge in [-0.1, -0.05) is 23.7 Å². The zero-order chi connectivity index (χ0) is 14.0. The number of amides is 1. The summed E-state index contributed by atoms with van der Waals surface area (Å²) >= 11 is 5.79. The van der Waals surface area contributed by atoms with Crippen molar-refractivity contribution >= 4 is 23.2 Å². The van der Waals surface area contributed by atoms with Crippen LogP contribution in [0, 0.1) is 0 Å². The van der Waals surface area contributed by atoms with Crippen molar-refractivity contribution in [1.29, 1.82) is 0 Å². The molecule has 1 heterocycles. The van der Waals surface area contributed by atoms with Crippen LogP contribution in [0.15, 0.2) is 41.0 Å². The Morgan fingerprint density at radius 2 is 1.89 bits per heavy atom. The van der Waals surface area contributed by atoms with E-state index in [-0.39, 0.29) is 10.7 Å². The van der Waals surface area contributed by atoms with Crippen molar-refractivity contribution in [2.75, 3.05) is 5.32 Å². The lowest BCUT2D eigenvalue weighted by Crippen LogP contribution is -2.17. The van der Waals surface area contributed by atoms with Crippen molar-refractivity contribution in [3.63, 3.8) is 0 Å². The van der Waals surface area contributed by atoms with Crippen molar-refractivity contribution < 1.29 is 22.4 Å². The highest BCUT2D eigenvalue weighted by Gasteiger charge is 2.37. The molecule has 0 saturated heterocycles. The molecular weight excluding hydrogens is 283 g/mol. The van der Waals surface area contributed by atoms with Crippen LogP contribution in [0.5, 0.6) is 0 Å². The summed E-state index contributed by atoms with van der Waals surface area (Å²) in [4.78, 5) is 11.7. The molecule has 0 aliphatic carbocycles. The average molecular weight is 290 g/mol. The van der Waals surface area contributed by atoms with E-state index < -0.39 is 23.4 Å². The largest absolute Gasteiger partial charge is 0.459 e. The molecule has 0 radical (unpaired) electrons. The summed E-state index contributed by atoms with van der Waals surface area (Å²) in [6.45, 7) is 0. The zero-order valence-corrected chi connectivity index (χ0v) is 10.0. The van der Waals surface area contributed by atoms with Gasteiger partial charge in [-0.25, -0.2) is 0 Å². The topological polar surface area (TPSA) is 42.2 Å². The molecule has 1 aromatic carbocycles. The molecule has 2 aromatic rings. The van der Waals surface area contributed by atoms with Crippen molar-refractivity contribution in [1.82, 2.24) is 0 Å². The van der Waals surface area contributed by atoms with E-state index in [4.69, 9.17) is 11.6 Å². The third-order valence-electron chi connectivity index (χ3n) is 2.30. The van der Waals surface area contributed by atoms with Gasteiger partial charge < -0.3 is 9.73 Å². The van der Waals surface area contributed by atoms with Gasteiger partial charge in [0.2, 0.25) is 5.76 Å². The van der Waals surface area contributed by atoms with Crippen LogP contribution in [0.2, 0.25) is 5.02 Å². The molecule has 100 valence electrons. The summed E-state index contributed by atoms with van der Waals surface area (Å²) in [6, 6.07) is 6.89. The molecule has 3 nitrogen and oxygen atoms in total. The van der Waals surface area contributed by atoms with Crippen LogP contribution >= 0.6 is 11.6 Å². The molecule has 19 heavy (non-hydrogen) atoms. The first-order valence-corrected chi connectivity index (χ1v) is 5.48. The number of alkyl halides is 3. The maximum atomic E-state index is 12.6. The second kappa shape index (κ2) is 4.97. The minimum atomic E-state index is -4.65. The summed E-state index contributed by atoms with van der Waals surface area (Å²) in [5.74, 6) is -1.81. The van der Waals surface area contributed by atoms with Gasteiger partial charge in [0, 0.05) is 0 Å². The molecule has 0 fully saturated rings. The summed E-state index contributed by atoms with van der Waals surface area (Å²) in [6.07, 6.45) is -3.84. The first-order chi connectivity index (χ1) is 8.89. The standard InChI is InChI=1S/C12H7ClF3NO2/c13-8-3-1-2-4-9(8)17-11(18)10-7(5-6-19-10)12(14,15)16/h1-6H,(H,17,18). The normalized spacial score (nSPS) is 11.4. The number of hydrogen-bond donors (Lipinski definition) is 1. The van der Waals surface area contributed by atoms with Gasteiger partial charge in [-0.2, -0.15) is 13.2 Å². The van der Waals surface area contributed by atoms with Gasteiger partial charge in [-0.05, 0) is 18.2 Å². The highest BCUT2D eigenvalue weighted by atomic mass is 35.5. The second-order valence-electron chi connectivity index (χ2n) is 3.60. The van der Waals surface area contributed by atoms with Crippen molar-refractivity contribution in [2.45, 2.75) is 6.18 Å². The predicted octanol–water partition coefficient (Wildman–Crippen LogP) is 4.20. The quantitative estimate of drug-likeness (QED) is 0.900. The number of carbonyl (C=O) groups excluding carboxylic acids is 1. The fourth-order valence-corrected chi connectivity index (χ4v) is 1.63. The molecule has 0 saturated carbocycles. The van der Waals surface area contributed by atoms with Gasteiger partial charge in [0.25, 0.3) is 5.91 Å². The Bertz CT molecular complexity index is 607. The first-order valence-electron chi connectivity index (χ1n) is 5.10. The molecule has 1 N–H and O–H groups in total. The summed E-state index contributed by atoms with van der Waals surface area (Å²) in [5.41, 5.74) is -0.921. The van der Waals surface area contributed by atoms with E-state index in [2.05, 4.69) is 9.73 Å². The number of anilines is 1. The van der Waals surface area contributed by atoms with E-state index in [1.165, 1.54) is 12.1 Å². The third kappa shape index (κ3) is 2.90. The Labute approximate surface area is 111 Å². The molecule has 2 rings (SSSR count).